The summed E-state index contributed by atoms with van der Waals surface area (Å²) in [5.41, 5.74) is -1.73. The number of allylic oxidation sites excluding steroid dienone is 4. The van der Waals surface area contributed by atoms with Crippen molar-refractivity contribution in [3.63, 3.8) is 0 Å². The number of anilines is 1. The minimum atomic E-state index is -1.99. The Morgan fingerprint density at radius 1 is 0.923 bits per heavy atom. The lowest BCUT2D eigenvalue weighted by molar-refractivity contribution is -0.134. The van der Waals surface area contributed by atoms with E-state index in [1.165, 1.54) is 0 Å². The highest BCUT2D eigenvalue weighted by molar-refractivity contribution is 6.58. The van der Waals surface area contributed by atoms with E-state index in [1.54, 1.807) is 19.1 Å². The topological polar surface area (TPSA) is 85.0 Å². The lowest BCUT2D eigenvalue weighted by Gasteiger charge is -2.52. The molecule has 5 nitrogen and oxygen atoms in total. The van der Waals surface area contributed by atoms with Crippen LogP contribution < -0.4 is 4.90 Å². The number of hydrogen-bond acceptors (Lipinski definition) is 5. The highest BCUT2D eigenvalue weighted by atomic mass is 35.5. The van der Waals surface area contributed by atoms with E-state index in [0.29, 0.717) is 16.7 Å². The number of carbonyl (C=O) groups is 2. The predicted molar refractivity (Wildman–Crippen MR) is 98.2 cm³/mol. The van der Waals surface area contributed by atoms with Crippen molar-refractivity contribution in [1.82, 2.24) is 0 Å². The zero-order valence-electron chi connectivity index (χ0n) is 14.2. The molecule has 7 heteroatoms. The second-order valence-corrected chi connectivity index (χ2v) is 7.21. The fourth-order valence-electron chi connectivity index (χ4n) is 3.80. The van der Waals surface area contributed by atoms with E-state index in [9.17, 15) is 20.1 Å². The summed E-state index contributed by atoms with van der Waals surface area (Å²) >= 11 is 11.8. The van der Waals surface area contributed by atoms with Crippen LogP contribution in [0.15, 0.2) is 39.9 Å². The van der Waals surface area contributed by atoms with Crippen molar-refractivity contribution < 1.29 is 9.59 Å². The summed E-state index contributed by atoms with van der Waals surface area (Å²) in [7, 11) is 3.77. The smallest absolute Gasteiger partial charge is 0.203 e. The zero-order chi connectivity index (χ0) is 19.4. The molecule has 1 aromatic carbocycles. The average Bonchev–Trinajstić information content (AvgIpc) is 2.64. The molecular weight excluding hydrogens is 373 g/mol. The number of nitrogens with zero attached hydrogens (tertiary/aromatic N) is 3. The summed E-state index contributed by atoms with van der Waals surface area (Å²) in [5, 5.41) is 18.7. The van der Waals surface area contributed by atoms with Gasteiger partial charge in [0.05, 0.1) is 12.1 Å². The molecular formula is C19H13Cl2N3O2. The molecule has 0 heterocycles. The molecule has 0 spiro atoms. The van der Waals surface area contributed by atoms with E-state index in [0.717, 1.165) is 5.69 Å². The molecule has 0 bridgehead atoms. The average molecular weight is 386 g/mol. The van der Waals surface area contributed by atoms with Crippen LogP contribution in [0.1, 0.15) is 12.5 Å². The highest BCUT2D eigenvalue weighted by Gasteiger charge is 2.75. The molecule has 0 radical (unpaired) electrons. The van der Waals surface area contributed by atoms with Crippen LogP contribution in [-0.4, -0.2) is 25.7 Å². The number of rotatable bonds is 2. The number of nitriles is 2. The van der Waals surface area contributed by atoms with Crippen molar-refractivity contribution in [1.29, 1.82) is 10.5 Å². The second kappa shape index (κ2) is 5.71. The minimum absolute atomic E-state index is 0.340. The molecule has 0 saturated heterocycles. The second-order valence-electron chi connectivity index (χ2n) is 6.45. The first-order valence-corrected chi connectivity index (χ1v) is 8.43. The third kappa shape index (κ3) is 1.80. The van der Waals surface area contributed by atoms with Crippen molar-refractivity contribution >= 4 is 46.0 Å². The maximum absolute atomic E-state index is 12.9. The Morgan fingerprint density at radius 3 is 1.81 bits per heavy atom. The molecule has 2 atom stereocenters. The van der Waals surface area contributed by atoms with Crippen molar-refractivity contribution in [2.75, 3.05) is 19.0 Å². The fourth-order valence-corrected chi connectivity index (χ4v) is 4.25. The predicted octanol–water partition coefficient (Wildman–Crippen LogP) is 3.40. The van der Waals surface area contributed by atoms with Gasteiger partial charge in [-0.3, -0.25) is 9.59 Å². The van der Waals surface area contributed by atoms with Crippen molar-refractivity contribution in [2.24, 2.45) is 10.8 Å². The summed E-state index contributed by atoms with van der Waals surface area (Å²) in [6.07, 6.45) is 0. The Labute approximate surface area is 160 Å². The molecule has 0 amide bonds. The van der Waals surface area contributed by atoms with Gasteiger partial charge in [0.1, 0.15) is 10.1 Å². The number of hydrogen-bond donors (Lipinski definition) is 0. The number of Topliss-reactive ketones (excluding diaryl/α,β-unsaturated/α-hetero) is 2. The van der Waals surface area contributed by atoms with Gasteiger partial charge in [-0.05, 0) is 35.8 Å². The van der Waals surface area contributed by atoms with Crippen LogP contribution in [0.4, 0.5) is 5.69 Å². The van der Waals surface area contributed by atoms with Crippen molar-refractivity contribution in [3.05, 3.63) is 45.5 Å². The van der Waals surface area contributed by atoms with Gasteiger partial charge in [0.2, 0.25) is 11.6 Å². The van der Waals surface area contributed by atoms with Crippen LogP contribution >= 0.6 is 23.2 Å². The first-order valence-electron chi connectivity index (χ1n) is 7.67. The number of carbonyl (C=O) groups excluding carboxylic acids is 2. The zero-order valence-corrected chi connectivity index (χ0v) is 15.7. The van der Waals surface area contributed by atoms with Gasteiger partial charge in [-0.15, -0.1) is 0 Å². The number of ketones is 2. The lowest BCUT2D eigenvalue weighted by atomic mass is 9.42. The number of fused-ring (bicyclic) bond motifs is 1. The Morgan fingerprint density at radius 2 is 1.38 bits per heavy atom. The fraction of sp³-hybridized carbons (Fsp3) is 0.263. The van der Waals surface area contributed by atoms with E-state index in [2.05, 4.69) is 0 Å². The Kier molecular flexibility index (Phi) is 3.99. The highest BCUT2D eigenvalue weighted by Crippen LogP contribution is 2.68. The molecule has 0 aromatic heterocycles. The van der Waals surface area contributed by atoms with E-state index < -0.39 is 32.5 Å². The quantitative estimate of drug-likeness (QED) is 0.778. The lowest BCUT2D eigenvalue weighted by Crippen LogP contribution is -2.62. The molecule has 2 aliphatic carbocycles. The van der Waals surface area contributed by atoms with Crippen molar-refractivity contribution in [3.8, 4) is 12.1 Å². The molecule has 0 N–H and O–H groups in total. The summed E-state index contributed by atoms with van der Waals surface area (Å²) in [6.45, 7) is 1.57. The maximum atomic E-state index is 12.9. The molecule has 0 fully saturated rings. The third-order valence-electron chi connectivity index (χ3n) is 5.16. The Balaban J connectivity index is 2.31. The first-order chi connectivity index (χ1) is 12.2. The molecule has 26 heavy (non-hydrogen) atoms. The van der Waals surface area contributed by atoms with Crippen LogP contribution in [0.3, 0.4) is 0 Å². The first kappa shape index (κ1) is 18.2. The summed E-state index contributed by atoms with van der Waals surface area (Å²) in [6, 6.07) is 11.0. The number of benzene rings is 1. The normalized spacial score (nSPS) is 27.5. The monoisotopic (exact) mass is 385 g/mol. The van der Waals surface area contributed by atoms with Crippen LogP contribution in [-0.2, 0) is 9.59 Å². The molecule has 0 aliphatic heterocycles. The van der Waals surface area contributed by atoms with Crippen LogP contribution in [0.5, 0.6) is 0 Å². The maximum Gasteiger partial charge on any atom is 0.203 e. The molecule has 2 aliphatic rings. The van der Waals surface area contributed by atoms with Gasteiger partial charge >= 0.3 is 0 Å². The Bertz CT molecular complexity index is 1010. The Hall–Kier alpha value is -2.60. The van der Waals surface area contributed by atoms with E-state index in [1.807, 2.05) is 43.3 Å². The van der Waals surface area contributed by atoms with Gasteiger partial charge in [-0.2, -0.15) is 10.5 Å². The van der Waals surface area contributed by atoms with E-state index in [-0.39, 0.29) is 0 Å². The van der Waals surface area contributed by atoms with Gasteiger partial charge in [0.25, 0.3) is 0 Å². The van der Waals surface area contributed by atoms with Crippen LogP contribution in [0, 0.1) is 33.5 Å². The minimum Gasteiger partial charge on any atom is -0.378 e. The number of halogens is 2. The molecule has 0 saturated carbocycles. The van der Waals surface area contributed by atoms with Gasteiger partial charge in [0.15, 0.2) is 10.8 Å². The summed E-state index contributed by atoms with van der Waals surface area (Å²) in [5.74, 6) is -1.62. The summed E-state index contributed by atoms with van der Waals surface area (Å²) in [4.78, 5) is 27.6. The van der Waals surface area contributed by atoms with Gasteiger partial charge in [-0.1, -0.05) is 35.3 Å². The van der Waals surface area contributed by atoms with E-state index in [4.69, 9.17) is 23.2 Å². The molecule has 0 unspecified atom stereocenters. The largest absolute Gasteiger partial charge is 0.378 e. The summed E-state index contributed by atoms with van der Waals surface area (Å²) < 4.78 is 0. The van der Waals surface area contributed by atoms with Gasteiger partial charge in [-0.25, -0.2) is 0 Å². The molecule has 3 rings (SSSR count). The van der Waals surface area contributed by atoms with Crippen LogP contribution in [0.2, 0.25) is 0 Å². The molecule has 130 valence electrons. The molecule has 1 aromatic rings. The van der Waals surface area contributed by atoms with Crippen LogP contribution in [0.25, 0.3) is 5.57 Å². The van der Waals surface area contributed by atoms with Gasteiger partial charge < -0.3 is 4.90 Å². The third-order valence-corrected chi connectivity index (χ3v) is 5.97. The van der Waals surface area contributed by atoms with E-state index >= 15 is 0 Å². The SMILES string of the molecule is CC1=C(c2ccc(N(C)C)cc2)[C@]2(C#N)C(=O)C(Cl)=C(Cl)C(=O)[C@]12C#N. The van der Waals surface area contributed by atoms with Gasteiger partial charge in [0, 0.05) is 19.8 Å². The standard InChI is InChI=1S/C19H13Cl2N3O2/c1-10-13(11-4-6-12(7-5-11)24(2)3)19(9-23)17(26)15(21)14(20)16(25)18(10,19)8-22/h4-7H,1-3H3/t18-,19+/m0/s1. The van der Waals surface area contributed by atoms with Crippen molar-refractivity contribution in [2.45, 2.75) is 6.92 Å².